The van der Waals surface area contributed by atoms with Gasteiger partial charge in [0.1, 0.15) is 11.9 Å². The normalized spacial score (nSPS) is 16.1. The highest BCUT2D eigenvalue weighted by atomic mass is 19.1. The molecule has 4 heteroatoms. The number of nitrogens with zero attached hydrogens (tertiary/aromatic N) is 2. The molecule has 3 nitrogen and oxygen atoms in total. The van der Waals surface area contributed by atoms with E-state index in [2.05, 4.69) is 18.8 Å². The summed E-state index contributed by atoms with van der Waals surface area (Å²) >= 11 is 0. The van der Waals surface area contributed by atoms with E-state index in [0.29, 0.717) is 23.3 Å². The van der Waals surface area contributed by atoms with Crippen LogP contribution in [0.1, 0.15) is 43.7 Å². The fraction of sp³-hybridized carbons (Fsp3) is 0.312. The lowest BCUT2D eigenvalue weighted by Gasteiger charge is -2.17. The molecule has 1 aliphatic rings. The van der Waals surface area contributed by atoms with Crippen LogP contribution in [0.5, 0.6) is 0 Å². The van der Waals surface area contributed by atoms with E-state index < -0.39 is 6.10 Å². The van der Waals surface area contributed by atoms with Crippen molar-refractivity contribution in [3.05, 3.63) is 53.7 Å². The van der Waals surface area contributed by atoms with Gasteiger partial charge in [0.15, 0.2) is 0 Å². The van der Waals surface area contributed by atoms with Crippen LogP contribution < -0.4 is 0 Å². The first-order valence-electron chi connectivity index (χ1n) is 6.79. The molecule has 1 unspecified atom stereocenters. The molecule has 2 aromatic rings. The average molecular weight is 272 g/mol. The van der Waals surface area contributed by atoms with Gasteiger partial charge in [-0.2, -0.15) is 0 Å². The number of aliphatic hydroxyl groups excluding tert-OH is 1. The first-order valence-corrected chi connectivity index (χ1v) is 6.79. The maximum atomic E-state index is 13.9. The predicted octanol–water partition coefficient (Wildman–Crippen LogP) is 3.59. The molecule has 104 valence electrons. The molecular weight excluding hydrogens is 255 g/mol. The highest BCUT2D eigenvalue weighted by Gasteiger charge is 2.21. The Morgan fingerprint density at radius 3 is 2.60 bits per heavy atom. The Kier molecular flexibility index (Phi) is 3.18. The summed E-state index contributed by atoms with van der Waals surface area (Å²) in [5.41, 5.74) is 2.84. The number of aliphatic imine (C=N–C) groups is 1. The molecule has 20 heavy (non-hydrogen) atoms. The lowest BCUT2D eigenvalue weighted by atomic mass is 10.1. The van der Waals surface area contributed by atoms with Crippen LogP contribution in [0, 0.1) is 5.82 Å². The van der Waals surface area contributed by atoms with E-state index in [1.165, 1.54) is 6.07 Å². The summed E-state index contributed by atoms with van der Waals surface area (Å²) in [5, 5.41) is 10.5. The van der Waals surface area contributed by atoms with Gasteiger partial charge < -0.3 is 9.51 Å². The Morgan fingerprint density at radius 2 is 1.95 bits per heavy atom. The molecular formula is C16H17FN2O. The number of pyridine rings is 1. The third kappa shape index (κ3) is 1.96. The monoisotopic (exact) mass is 272 g/mol. The van der Waals surface area contributed by atoms with Crippen LogP contribution in [0.3, 0.4) is 0 Å². The smallest absolute Gasteiger partial charge is 0.147 e. The highest BCUT2D eigenvalue weighted by Crippen LogP contribution is 2.27. The molecule has 1 atom stereocenters. The summed E-state index contributed by atoms with van der Waals surface area (Å²) in [5.74, 6) is -0.0340. The van der Waals surface area contributed by atoms with Crippen LogP contribution in [0.2, 0.25) is 0 Å². The number of hydrogen-bond acceptors (Lipinski definition) is 2. The van der Waals surface area contributed by atoms with Crippen molar-refractivity contribution in [2.45, 2.75) is 32.3 Å². The number of aliphatic hydroxyl groups is 1. The Labute approximate surface area is 117 Å². The number of aromatic nitrogens is 1. The number of allylic oxidation sites excluding steroid dienone is 1. The van der Waals surface area contributed by atoms with Gasteiger partial charge in [0.25, 0.3) is 0 Å². The fourth-order valence-corrected chi connectivity index (χ4v) is 2.64. The second-order valence-electron chi connectivity index (χ2n) is 5.35. The summed E-state index contributed by atoms with van der Waals surface area (Å²) < 4.78 is 15.7. The average Bonchev–Trinajstić information content (AvgIpc) is 3.08. The van der Waals surface area contributed by atoms with Crippen LogP contribution in [-0.4, -0.2) is 15.2 Å². The lowest BCUT2D eigenvalue weighted by Crippen LogP contribution is -2.15. The van der Waals surface area contributed by atoms with Gasteiger partial charge in [0.2, 0.25) is 0 Å². The zero-order valence-electron chi connectivity index (χ0n) is 11.5. The van der Waals surface area contributed by atoms with Gasteiger partial charge in [-0.3, -0.25) is 4.99 Å². The molecule has 0 aromatic carbocycles. The van der Waals surface area contributed by atoms with Crippen LogP contribution in [0.15, 0.2) is 41.5 Å². The molecule has 0 saturated carbocycles. The van der Waals surface area contributed by atoms with E-state index in [1.807, 2.05) is 16.5 Å². The first kappa shape index (κ1) is 13.1. The van der Waals surface area contributed by atoms with Crippen LogP contribution >= 0.6 is 0 Å². The van der Waals surface area contributed by atoms with Gasteiger partial charge in [-0.1, -0.05) is 19.9 Å². The molecule has 0 bridgehead atoms. The summed E-state index contributed by atoms with van der Waals surface area (Å²) in [6, 6.07) is 6.71. The van der Waals surface area contributed by atoms with Crippen molar-refractivity contribution in [1.82, 2.24) is 4.40 Å². The third-order valence-corrected chi connectivity index (χ3v) is 3.67. The lowest BCUT2D eigenvalue weighted by molar-refractivity contribution is 0.239. The molecule has 3 rings (SSSR count). The molecule has 0 aliphatic carbocycles. The molecule has 0 fully saturated rings. The van der Waals surface area contributed by atoms with Crippen molar-refractivity contribution in [3.63, 3.8) is 0 Å². The summed E-state index contributed by atoms with van der Waals surface area (Å²) in [6.45, 7) is 4.11. The second-order valence-corrected chi connectivity index (χ2v) is 5.35. The van der Waals surface area contributed by atoms with Crippen LogP contribution in [0.4, 0.5) is 4.39 Å². The maximum absolute atomic E-state index is 13.9. The maximum Gasteiger partial charge on any atom is 0.147 e. The van der Waals surface area contributed by atoms with E-state index in [1.54, 1.807) is 18.3 Å². The molecule has 0 amide bonds. The van der Waals surface area contributed by atoms with E-state index in [-0.39, 0.29) is 11.7 Å². The van der Waals surface area contributed by atoms with Crippen molar-refractivity contribution in [2.24, 2.45) is 4.99 Å². The number of hydrogen-bond donors (Lipinski definition) is 1. The largest absolute Gasteiger partial charge is 0.381 e. The fourth-order valence-electron chi connectivity index (χ4n) is 2.64. The van der Waals surface area contributed by atoms with Gasteiger partial charge in [-0.05, 0) is 30.2 Å². The van der Waals surface area contributed by atoms with E-state index >= 15 is 0 Å². The Bertz CT molecular complexity index is 713. The van der Waals surface area contributed by atoms with Gasteiger partial charge >= 0.3 is 0 Å². The van der Waals surface area contributed by atoms with Crippen molar-refractivity contribution in [2.75, 3.05) is 0 Å². The van der Waals surface area contributed by atoms with Crippen molar-refractivity contribution >= 4 is 11.2 Å². The van der Waals surface area contributed by atoms with Crippen molar-refractivity contribution < 1.29 is 9.50 Å². The number of rotatable bonds is 3. The molecule has 1 aliphatic heterocycles. The minimum absolute atomic E-state index is 0.244. The molecule has 3 heterocycles. The topological polar surface area (TPSA) is 37.0 Å². The van der Waals surface area contributed by atoms with Crippen molar-refractivity contribution in [1.29, 1.82) is 0 Å². The molecule has 0 saturated heterocycles. The molecule has 0 radical (unpaired) electrons. The zero-order chi connectivity index (χ0) is 14.3. The van der Waals surface area contributed by atoms with Crippen LogP contribution in [0.25, 0.3) is 5.52 Å². The van der Waals surface area contributed by atoms with Crippen molar-refractivity contribution in [3.8, 4) is 0 Å². The minimum atomic E-state index is -0.807. The van der Waals surface area contributed by atoms with Gasteiger partial charge in [-0.15, -0.1) is 0 Å². The van der Waals surface area contributed by atoms with E-state index in [9.17, 15) is 9.50 Å². The van der Waals surface area contributed by atoms with Gasteiger partial charge in [-0.25, -0.2) is 4.39 Å². The van der Waals surface area contributed by atoms with E-state index in [0.717, 1.165) is 5.69 Å². The Hall–Kier alpha value is -1.94. The SMILES string of the molecule is CC(C)c1ccc2c(F)ccc(C(O)C3=NC=CC3)n12. The standard InChI is InChI=1S/C16H17FN2O/c1-10(2)13-7-8-14-11(17)5-6-15(19(13)14)16(20)12-4-3-9-18-12/h3,5-10,16,20H,4H2,1-2H3. The van der Waals surface area contributed by atoms with Gasteiger partial charge in [0.05, 0.1) is 16.9 Å². The first-order chi connectivity index (χ1) is 9.59. The van der Waals surface area contributed by atoms with Gasteiger partial charge in [0, 0.05) is 18.3 Å². The molecule has 0 spiro atoms. The zero-order valence-corrected chi connectivity index (χ0v) is 11.5. The molecule has 1 N–H and O–H groups in total. The summed E-state index contributed by atoms with van der Waals surface area (Å²) in [7, 11) is 0. The quantitative estimate of drug-likeness (QED) is 0.910. The third-order valence-electron chi connectivity index (χ3n) is 3.67. The Balaban J connectivity index is 2.19. The second kappa shape index (κ2) is 4.87. The predicted molar refractivity (Wildman–Crippen MR) is 77.6 cm³/mol. The molecule has 2 aromatic heterocycles. The summed E-state index contributed by atoms with van der Waals surface area (Å²) in [4.78, 5) is 4.18. The number of fused-ring (bicyclic) bond motifs is 1. The number of halogens is 1. The van der Waals surface area contributed by atoms with E-state index in [4.69, 9.17) is 0 Å². The van der Waals surface area contributed by atoms with Crippen LogP contribution in [-0.2, 0) is 0 Å². The Morgan fingerprint density at radius 1 is 1.20 bits per heavy atom. The summed E-state index contributed by atoms with van der Waals surface area (Å²) in [6.07, 6.45) is 3.42. The minimum Gasteiger partial charge on any atom is -0.381 e. The highest BCUT2D eigenvalue weighted by molar-refractivity contribution is 5.92.